The Morgan fingerprint density at radius 2 is 1.68 bits per heavy atom. The lowest BCUT2D eigenvalue weighted by molar-refractivity contribution is -0.117. The molecule has 0 saturated carbocycles. The summed E-state index contributed by atoms with van der Waals surface area (Å²) in [6.07, 6.45) is 1.72. The zero-order valence-electron chi connectivity index (χ0n) is 19.2. The fourth-order valence-corrected chi connectivity index (χ4v) is 5.91. The van der Waals surface area contributed by atoms with Gasteiger partial charge >= 0.3 is 0 Å². The predicted octanol–water partition coefficient (Wildman–Crippen LogP) is 2.57. The molecule has 2 saturated heterocycles. The predicted molar refractivity (Wildman–Crippen MR) is 128 cm³/mol. The van der Waals surface area contributed by atoms with E-state index in [9.17, 15) is 22.4 Å². The summed E-state index contributed by atoms with van der Waals surface area (Å²) < 4.78 is 41.5. The van der Waals surface area contributed by atoms with Gasteiger partial charge in [0.25, 0.3) is 0 Å². The third-order valence-corrected chi connectivity index (χ3v) is 8.15. The molecule has 0 spiro atoms. The summed E-state index contributed by atoms with van der Waals surface area (Å²) in [4.78, 5) is 28.1. The first-order valence-corrected chi connectivity index (χ1v) is 12.9. The van der Waals surface area contributed by atoms with E-state index < -0.39 is 15.8 Å². The van der Waals surface area contributed by atoms with Gasteiger partial charge in [-0.2, -0.15) is 4.31 Å². The van der Waals surface area contributed by atoms with E-state index in [1.807, 2.05) is 9.80 Å². The minimum Gasteiger partial charge on any atom is -0.367 e. The first-order chi connectivity index (χ1) is 16.2. The van der Waals surface area contributed by atoms with Crippen LogP contribution in [-0.4, -0.2) is 75.1 Å². The van der Waals surface area contributed by atoms with Crippen LogP contribution in [0.25, 0.3) is 0 Å². The number of sulfonamides is 1. The van der Waals surface area contributed by atoms with Crippen LogP contribution in [0.1, 0.15) is 30.1 Å². The number of halogens is 1. The lowest BCUT2D eigenvalue weighted by Crippen LogP contribution is -2.49. The molecule has 2 fully saturated rings. The second-order valence-electron chi connectivity index (χ2n) is 8.67. The molecule has 2 aliphatic heterocycles. The van der Waals surface area contributed by atoms with Crippen molar-refractivity contribution >= 4 is 33.1 Å². The highest BCUT2D eigenvalue weighted by atomic mass is 32.2. The molecule has 0 aliphatic carbocycles. The average Bonchev–Trinajstić information content (AvgIpc) is 3.36. The van der Waals surface area contributed by atoms with Crippen LogP contribution >= 0.6 is 0 Å². The van der Waals surface area contributed by atoms with Crippen LogP contribution in [0.5, 0.6) is 0 Å². The quantitative estimate of drug-likeness (QED) is 0.603. The zero-order chi connectivity index (χ0) is 24.3. The molecule has 0 bridgehead atoms. The number of nitrogens with zero attached hydrogens (tertiary/aromatic N) is 3. The number of carbonyl (C=O) groups excluding carboxylic acids is 2. The first kappa shape index (κ1) is 24.3. The summed E-state index contributed by atoms with van der Waals surface area (Å²) in [6, 6.07) is 10.9. The highest BCUT2D eigenvalue weighted by Crippen LogP contribution is 2.24. The van der Waals surface area contributed by atoms with Gasteiger partial charge in [-0.05, 0) is 56.2 Å². The SMILES string of the molecule is CC(=O)c1ccc(N2CCN(CC(=O)Nc3cccc(S(=O)(=O)N4CCCC4)c3)CC2)c(F)c1. The van der Waals surface area contributed by atoms with Gasteiger partial charge < -0.3 is 10.2 Å². The number of piperazine rings is 1. The van der Waals surface area contributed by atoms with Crippen LogP contribution in [-0.2, 0) is 14.8 Å². The number of hydrogen-bond donors (Lipinski definition) is 1. The fourth-order valence-electron chi connectivity index (χ4n) is 4.34. The summed E-state index contributed by atoms with van der Waals surface area (Å²) in [6.45, 7) is 4.85. The van der Waals surface area contributed by atoms with Gasteiger partial charge in [-0.1, -0.05) is 6.07 Å². The second kappa shape index (κ2) is 10.2. The molecular formula is C24H29FN4O4S. The Labute approximate surface area is 199 Å². The van der Waals surface area contributed by atoms with E-state index in [1.54, 1.807) is 30.3 Å². The van der Waals surface area contributed by atoms with E-state index in [0.29, 0.717) is 56.2 Å². The van der Waals surface area contributed by atoms with Crippen molar-refractivity contribution in [1.29, 1.82) is 0 Å². The van der Waals surface area contributed by atoms with Crippen LogP contribution in [0.15, 0.2) is 47.4 Å². The van der Waals surface area contributed by atoms with Gasteiger partial charge in [0.15, 0.2) is 5.78 Å². The molecule has 2 aromatic carbocycles. The second-order valence-corrected chi connectivity index (χ2v) is 10.6. The van der Waals surface area contributed by atoms with Crippen LogP contribution in [0.2, 0.25) is 0 Å². The molecule has 10 heteroatoms. The number of Topliss-reactive ketones (excluding diaryl/α,β-unsaturated/α-hetero) is 1. The van der Waals surface area contributed by atoms with Crippen molar-refractivity contribution in [3.63, 3.8) is 0 Å². The molecule has 8 nitrogen and oxygen atoms in total. The standard InChI is InChI=1S/C24H29FN4O4S/c1-18(30)19-7-8-23(22(25)15-19)28-13-11-27(12-14-28)17-24(31)26-20-5-4-6-21(16-20)34(32,33)29-9-2-3-10-29/h4-8,15-16H,2-3,9-14,17H2,1H3,(H,26,31). The number of benzene rings is 2. The van der Waals surface area contributed by atoms with E-state index in [0.717, 1.165) is 12.8 Å². The smallest absolute Gasteiger partial charge is 0.243 e. The van der Waals surface area contributed by atoms with Gasteiger partial charge in [0.1, 0.15) is 5.82 Å². The molecule has 2 heterocycles. The van der Waals surface area contributed by atoms with Crippen molar-refractivity contribution in [3.8, 4) is 0 Å². The van der Waals surface area contributed by atoms with Crippen molar-refractivity contribution in [2.75, 3.05) is 56.0 Å². The molecule has 0 atom stereocenters. The monoisotopic (exact) mass is 488 g/mol. The lowest BCUT2D eigenvalue weighted by Gasteiger charge is -2.35. The van der Waals surface area contributed by atoms with Crippen molar-refractivity contribution < 1.29 is 22.4 Å². The first-order valence-electron chi connectivity index (χ1n) is 11.4. The summed E-state index contributed by atoms with van der Waals surface area (Å²) >= 11 is 0. The Morgan fingerprint density at radius 1 is 0.971 bits per heavy atom. The minimum atomic E-state index is -3.55. The Kier molecular flexibility index (Phi) is 7.30. The number of ketones is 1. The van der Waals surface area contributed by atoms with E-state index in [-0.39, 0.29) is 23.1 Å². The van der Waals surface area contributed by atoms with Crippen molar-refractivity contribution in [3.05, 3.63) is 53.8 Å². The van der Waals surface area contributed by atoms with E-state index in [2.05, 4.69) is 5.32 Å². The number of hydrogen-bond acceptors (Lipinski definition) is 6. The molecular weight excluding hydrogens is 459 g/mol. The number of rotatable bonds is 7. The van der Waals surface area contributed by atoms with Gasteiger partial charge in [-0.25, -0.2) is 12.8 Å². The molecule has 34 heavy (non-hydrogen) atoms. The van der Waals surface area contributed by atoms with Gasteiger partial charge in [-0.15, -0.1) is 0 Å². The molecule has 0 unspecified atom stereocenters. The van der Waals surface area contributed by atoms with E-state index >= 15 is 0 Å². The van der Waals surface area contributed by atoms with E-state index in [1.165, 1.54) is 23.4 Å². The Hall–Kier alpha value is -2.82. The van der Waals surface area contributed by atoms with Crippen LogP contribution in [0, 0.1) is 5.82 Å². The maximum atomic E-state index is 14.4. The van der Waals surface area contributed by atoms with E-state index in [4.69, 9.17) is 0 Å². The maximum absolute atomic E-state index is 14.4. The summed E-state index contributed by atoms with van der Waals surface area (Å²) in [5.74, 6) is -0.843. The Balaban J connectivity index is 1.31. The highest BCUT2D eigenvalue weighted by molar-refractivity contribution is 7.89. The van der Waals surface area contributed by atoms with Gasteiger partial charge in [0, 0.05) is 50.5 Å². The summed E-state index contributed by atoms with van der Waals surface area (Å²) in [5, 5.41) is 2.79. The minimum absolute atomic E-state index is 0.155. The summed E-state index contributed by atoms with van der Waals surface area (Å²) in [5.41, 5.74) is 1.23. The van der Waals surface area contributed by atoms with Crippen LogP contribution < -0.4 is 10.2 Å². The molecule has 2 aliphatic rings. The molecule has 2 aromatic rings. The van der Waals surface area contributed by atoms with Crippen LogP contribution in [0.4, 0.5) is 15.8 Å². The maximum Gasteiger partial charge on any atom is 0.243 e. The van der Waals surface area contributed by atoms with Crippen LogP contribution in [0.3, 0.4) is 0 Å². The topological polar surface area (TPSA) is 90.0 Å². The zero-order valence-corrected chi connectivity index (χ0v) is 20.0. The highest BCUT2D eigenvalue weighted by Gasteiger charge is 2.27. The normalized spacial score (nSPS) is 17.6. The fraction of sp³-hybridized carbons (Fsp3) is 0.417. The van der Waals surface area contributed by atoms with Gasteiger partial charge in [-0.3, -0.25) is 14.5 Å². The van der Waals surface area contributed by atoms with Crippen molar-refractivity contribution in [2.24, 2.45) is 0 Å². The third-order valence-electron chi connectivity index (χ3n) is 6.25. The molecule has 0 radical (unpaired) electrons. The summed E-state index contributed by atoms with van der Waals surface area (Å²) in [7, 11) is -3.55. The van der Waals surface area contributed by atoms with Gasteiger partial charge in [0.2, 0.25) is 15.9 Å². The number of amides is 1. The van der Waals surface area contributed by atoms with Crippen molar-refractivity contribution in [2.45, 2.75) is 24.7 Å². The Bertz CT molecular complexity index is 1170. The lowest BCUT2D eigenvalue weighted by atomic mass is 10.1. The number of carbonyl (C=O) groups is 2. The molecule has 1 N–H and O–H groups in total. The molecule has 1 amide bonds. The average molecular weight is 489 g/mol. The molecule has 0 aromatic heterocycles. The Morgan fingerprint density at radius 3 is 2.32 bits per heavy atom. The third kappa shape index (κ3) is 5.45. The largest absolute Gasteiger partial charge is 0.367 e. The number of nitrogens with one attached hydrogen (secondary N) is 1. The van der Waals surface area contributed by atoms with Crippen molar-refractivity contribution in [1.82, 2.24) is 9.21 Å². The molecule has 182 valence electrons. The number of anilines is 2. The van der Waals surface area contributed by atoms with Gasteiger partial charge in [0.05, 0.1) is 17.1 Å². The molecule has 4 rings (SSSR count).